The largest absolute Gasteiger partial charge is 0.440 e. The molecule has 6 heteroatoms. The fourth-order valence-electron chi connectivity index (χ4n) is 2.51. The van der Waals surface area contributed by atoms with Crippen LogP contribution in [-0.4, -0.2) is 4.57 Å². The molecule has 0 fully saturated rings. The summed E-state index contributed by atoms with van der Waals surface area (Å²) in [6.07, 6.45) is 0. The number of aryl methyl sites for hydroxylation is 1. The number of fused-ring (bicyclic) bond motifs is 1. The van der Waals surface area contributed by atoms with E-state index in [-0.39, 0.29) is 17.0 Å². The number of ether oxygens (including phenoxy) is 1. The zero-order valence-electron chi connectivity index (χ0n) is 11.6. The Balaban J connectivity index is 2.36. The molecule has 0 bridgehead atoms. The Morgan fingerprint density at radius 3 is 2.90 bits per heavy atom. The van der Waals surface area contributed by atoms with Crippen LogP contribution in [0.4, 0.5) is 0 Å². The molecular formula is C15H13N3O2S. The second kappa shape index (κ2) is 4.79. The van der Waals surface area contributed by atoms with Gasteiger partial charge in [-0.2, -0.15) is 16.6 Å². The maximum Gasteiger partial charge on any atom is 0.258 e. The van der Waals surface area contributed by atoms with Gasteiger partial charge in [0.1, 0.15) is 17.4 Å². The molecule has 1 atom stereocenters. The van der Waals surface area contributed by atoms with Crippen LogP contribution in [0.3, 0.4) is 0 Å². The van der Waals surface area contributed by atoms with Gasteiger partial charge in [-0.05, 0) is 29.3 Å². The molecule has 1 unspecified atom stereocenters. The van der Waals surface area contributed by atoms with E-state index in [0.717, 1.165) is 11.3 Å². The van der Waals surface area contributed by atoms with Crippen molar-refractivity contribution >= 4 is 11.3 Å². The number of allylic oxidation sites excluding steroid dienone is 1. The molecule has 2 N–H and O–H groups in total. The van der Waals surface area contributed by atoms with Gasteiger partial charge in [-0.3, -0.25) is 4.79 Å². The quantitative estimate of drug-likeness (QED) is 0.873. The number of thiophene rings is 1. The van der Waals surface area contributed by atoms with Crippen molar-refractivity contribution < 1.29 is 4.74 Å². The average Bonchev–Trinajstić information content (AvgIpc) is 2.97. The number of aromatic nitrogens is 1. The zero-order valence-corrected chi connectivity index (χ0v) is 12.4. The van der Waals surface area contributed by atoms with E-state index < -0.39 is 5.92 Å². The van der Waals surface area contributed by atoms with Crippen LogP contribution in [0, 0.1) is 18.3 Å². The molecule has 1 aliphatic heterocycles. The van der Waals surface area contributed by atoms with E-state index in [2.05, 4.69) is 6.07 Å². The van der Waals surface area contributed by atoms with E-state index in [1.807, 2.05) is 23.8 Å². The van der Waals surface area contributed by atoms with Crippen molar-refractivity contribution in [3.63, 3.8) is 0 Å². The molecule has 3 rings (SSSR count). The van der Waals surface area contributed by atoms with Crippen LogP contribution < -0.4 is 16.0 Å². The average molecular weight is 299 g/mol. The number of pyridine rings is 1. The fraction of sp³-hybridized carbons (Fsp3) is 0.200. The van der Waals surface area contributed by atoms with Crippen LogP contribution in [0.15, 0.2) is 39.1 Å². The number of hydrogen-bond acceptors (Lipinski definition) is 5. The Hall–Kier alpha value is -2.52. The third-order valence-corrected chi connectivity index (χ3v) is 4.43. The van der Waals surface area contributed by atoms with Gasteiger partial charge in [0, 0.05) is 18.8 Å². The first-order valence-corrected chi connectivity index (χ1v) is 7.29. The number of rotatable bonds is 1. The normalized spacial score (nSPS) is 17.1. The van der Waals surface area contributed by atoms with Crippen molar-refractivity contribution in [2.75, 3.05) is 0 Å². The molecule has 3 heterocycles. The molecule has 0 aromatic carbocycles. The van der Waals surface area contributed by atoms with Crippen LogP contribution in [0.25, 0.3) is 0 Å². The van der Waals surface area contributed by atoms with Crippen LogP contribution in [0.2, 0.25) is 0 Å². The molecule has 21 heavy (non-hydrogen) atoms. The highest BCUT2D eigenvalue weighted by atomic mass is 32.1. The molecule has 0 saturated carbocycles. The smallest absolute Gasteiger partial charge is 0.258 e. The van der Waals surface area contributed by atoms with Crippen molar-refractivity contribution in [3.05, 3.63) is 61.5 Å². The molecule has 0 saturated heterocycles. The first-order chi connectivity index (χ1) is 10.0. The lowest BCUT2D eigenvalue weighted by Crippen LogP contribution is -2.31. The van der Waals surface area contributed by atoms with Gasteiger partial charge >= 0.3 is 0 Å². The number of nitriles is 1. The van der Waals surface area contributed by atoms with Crippen LogP contribution in [0.5, 0.6) is 5.75 Å². The monoisotopic (exact) mass is 299 g/mol. The molecule has 0 amide bonds. The van der Waals surface area contributed by atoms with Crippen LogP contribution in [-0.2, 0) is 7.05 Å². The van der Waals surface area contributed by atoms with E-state index in [0.29, 0.717) is 11.3 Å². The van der Waals surface area contributed by atoms with E-state index in [1.165, 1.54) is 11.3 Å². The molecule has 5 nitrogen and oxygen atoms in total. The highest BCUT2D eigenvalue weighted by Crippen LogP contribution is 2.40. The molecule has 1 aliphatic rings. The van der Waals surface area contributed by atoms with E-state index in [4.69, 9.17) is 10.5 Å². The minimum atomic E-state index is -0.468. The lowest BCUT2D eigenvalue weighted by molar-refractivity contribution is 0.389. The predicted octanol–water partition coefficient (Wildman–Crippen LogP) is 1.97. The van der Waals surface area contributed by atoms with E-state index in [1.54, 1.807) is 17.7 Å². The van der Waals surface area contributed by atoms with Gasteiger partial charge in [0.25, 0.3) is 5.56 Å². The summed E-state index contributed by atoms with van der Waals surface area (Å²) >= 11 is 1.51. The SMILES string of the molecule is Cc1cc2c(c(=O)n1C)C(c1ccsc1)C(C#N)=C(N)O2. The van der Waals surface area contributed by atoms with Gasteiger partial charge < -0.3 is 15.0 Å². The van der Waals surface area contributed by atoms with Crippen molar-refractivity contribution in [1.29, 1.82) is 5.26 Å². The maximum absolute atomic E-state index is 12.6. The van der Waals surface area contributed by atoms with Gasteiger partial charge in [0.05, 0.1) is 11.5 Å². The van der Waals surface area contributed by atoms with Gasteiger partial charge in [-0.1, -0.05) is 0 Å². The Kier molecular flexibility index (Phi) is 3.07. The number of nitrogens with zero attached hydrogens (tertiary/aromatic N) is 2. The summed E-state index contributed by atoms with van der Waals surface area (Å²) in [4.78, 5) is 12.6. The van der Waals surface area contributed by atoms with Crippen molar-refractivity contribution in [1.82, 2.24) is 4.57 Å². The van der Waals surface area contributed by atoms with Crippen LogP contribution in [0.1, 0.15) is 22.7 Å². The minimum Gasteiger partial charge on any atom is -0.440 e. The van der Waals surface area contributed by atoms with Crippen LogP contribution >= 0.6 is 11.3 Å². The molecule has 2 aromatic rings. The summed E-state index contributed by atoms with van der Waals surface area (Å²) in [6, 6.07) is 5.75. The van der Waals surface area contributed by atoms with E-state index >= 15 is 0 Å². The summed E-state index contributed by atoms with van der Waals surface area (Å²) in [5, 5.41) is 13.2. The van der Waals surface area contributed by atoms with E-state index in [9.17, 15) is 10.1 Å². The first kappa shape index (κ1) is 13.5. The summed E-state index contributed by atoms with van der Waals surface area (Å²) in [5.41, 5.74) is 8.10. The minimum absolute atomic E-state index is 0.0638. The Labute approximate surface area is 125 Å². The number of hydrogen-bond donors (Lipinski definition) is 1. The van der Waals surface area contributed by atoms with Gasteiger partial charge in [0.2, 0.25) is 5.88 Å². The molecule has 0 aliphatic carbocycles. The lowest BCUT2D eigenvalue weighted by Gasteiger charge is -2.26. The molecule has 106 valence electrons. The molecule has 0 radical (unpaired) electrons. The molecule has 0 spiro atoms. The van der Waals surface area contributed by atoms with Crippen molar-refractivity contribution in [2.24, 2.45) is 12.8 Å². The standard InChI is InChI=1S/C15H13N3O2S/c1-8-5-11-13(15(19)18(8)2)12(9-3-4-21-7-9)10(6-16)14(17)20-11/h3-5,7,12H,17H2,1-2H3. The summed E-state index contributed by atoms with van der Waals surface area (Å²) in [5.74, 6) is 0.0291. The zero-order chi connectivity index (χ0) is 15.1. The molecular weight excluding hydrogens is 286 g/mol. The summed E-state index contributed by atoms with van der Waals surface area (Å²) in [6.45, 7) is 1.82. The predicted molar refractivity (Wildman–Crippen MR) is 80.0 cm³/mol. The summed E-state index contributed by atoms with van der Waals surface area (Å²) < 4.78 is 7.06. The third kappa shape index (κ3) is 1.94. The Morgan fingerprint density at radius 1 is 1.52 bits per heavy atom. The third-order valence-electron chi connectivity index (χ3n) is 3.73. The Bertz CT molecular complexity index is 841. The first-order valence-electron chi connectivity index (χ1n) is 6.34. The van der Waals surface area contributed by atoms with Gasteiger partial charge in [0.15, 0.2) is 0 Å². The topological polar surface area (TPSA) is 81.0 Å². The van der Waals surface area contributed by atoms with Crippen molar-refractivity contribution in [3.8, 4) is 11.8 Å². The fourth-order valence-corrected chi connectivity index (χ4v) is 3.20. The molecule has 2 aromatic heterocycles. The second-order valence-corrected chi connectivity index (χ2v) is 5.69. The number of nitrogens with two attached hydrogens (primary N) is 1. The lowest BCUT2D eigenvalue weighted by atomic mass is 9.85. The maximum atomic E-state index is 12.6. The Morgan fingerprint density at radius 2 is 2.29 bits per heavy atom. The van der Waals surface area contributed by atoms with Crippen molar-refractivity contribution in [2.45, 2.75) is 12.8 Å². The summed E-state index contributed by atoms with van der Waals surface area (Å²) in [7, 11) is 1.70. The highest BCUT2D eigenvalue weighted by molar-refractivity contribution is 7.08. The highest BCUT2D eigenvalue weighted by Gasteiger charge is 2.34. The van der Waals surface area contributed by atoms with Gasteiger partial charge in [-0.25, -0.2) is 0 Å². The van der Waals surface area contributed by atoms with Gasteiger partial charge in [-0.15, -0.1) is 0 Å². The second-order valence-electron chi connectivity index (χ2n) is 4.91.